The van der Waals surface area contributed by atoms with Gasteiger partial charge in [-0.1, -0.05) is 42.5 Å². The average Bonchev–Trinajstić information content (AvgIpc) is 2.67. The van der Waals surface area contributed by atoms with Gasteiger partial charge in [-0.25, -0.2) is 0 Å². The van der Waals surface area contributed by atoms with Crippen LogP contribution in [0.3, 0.4) is 0 Å². The molecule has 146 valence electrons. The van der Waals surface area contributed by atoms with Crippen LogP contribution in [0.15, 0.2) is 48.5 Å². The van der Waals surface area contributed by atoms with Crippen LogP contribution in [-0.2, 0) is 19.5 Å². The van der Waals surface area contributed by atoms with Crippen molar-refractivity contribution in [2.45, 2.75) is 25.6 Å². The summed E-state index contributed by atoms with van der Waals surface area (Å²) in [5.41, 5.74) is 3.84. The van der Waals surface area contributed by atoms with Crippen LogP contribution in [0.2, 0.25) is 0 Å². The molecule has 2 aromatic carbocycles. The molecule has 1 heterocycles. The Balaban J connectivity index is 1.50. The van der Waals surface area contributed by atoms with Crippen LogP contribution < -0.4 is 4.74 Å². The van der Waals surface area contributed by atoms with E-state index in [0.29, 0.717) is 19.6 Å². The van der Waals surface area contributed by atoms with E-state index < -0.39 is 6.10 Å². The molecule has 0 amide bonds. The summed E-state index contributed by atoms with van der Waals surface area (Å²) in [5, 5.41) is 19.5. The molecule has 0 spiro atoms. The number of benzene rings is 2. The van der Waals surface area contributed by atoms with Crippen LogP contribution in [0.5, 0.6) is 5.75 Å². The first-order valence-electron chi connectivity index (χ1n) is 9.63. The van der Waals surface area contributed by atoms with E-state index in [9.17, 15) is 5.11 Å². The van der Waals surface area contributed by atoms with Crippen molar-refractivity contribution in [2.24, 2.45) is 0 Å². The van der Waals surface area contributed by atoms with E-state index in [4.69, 9.17) is 9.84 Å². The Morgan fingerprint density at radius 3 is 2.67 bits per heavy atom. The molecule has 0 fully saturated rings. The second-order valence-corrected chi connectivity index (χ2v) is 7.29. The molecule has 1 aliphatic rings. The molecule has 0 aromatic heterocycles. The Hall–Kier alpha value is -1.92. The Morgan fingerprint density at radius 1 is 1.11 bits per heavy atom. The third-order valence-corrected chi connectivity index (χ3v) is 5.00. The van der Waals surface area contributed by atoms with Crippen molar-refractivity contribution in [1.82, 2.24) is 9.80 Å². The van der Waals surface area contributed by atoms with Crippen LogP contribution in [0.4, 0.5) is 0 Å². The molecular formula is C22H30N2O3. The third kappa shape index (κ3) is 5.78. The predicted molar refractivity (Wildman–Crippen MR) is 107 cm³/mol. The second-order valence-electron chi connectivity index (χ2n) is 7.29. The Kier molecular flexibility index (Phi) is 7.24. The van der Waals surface area contributed by atoms with Gasteiger partial charge in [-0.05, 0) is 30.7 Å². The van der Waals surface area contributed by atoms with Crippen LogP contribution in [0.25, 0.3) is 0 Å². The van der Waals surface area contributed by atoms with Gasteiger partial charge >= 0.3 is 0 Å². The molecule has 1 aliphatic heterocycles. The van der Waals surface area contributed by atoms with Crippen molar-refractivity contribution < 1.29 is 14.9 Å². The summed E-state index contributed by atoms with van der Waals surface area (Å²) in [6.45, 7) is 4.20. The molecule has 0 saturated heterocycles. The van der Waals surface area contributed by atoms with Crippen LogP contribution in [0.1, 0.15) is 16.7 Å². The molecule has 5 nitrogen and oxygen atoms in total. The average molecular weight is 370 g/mol. The van der Waals surface area contributed by atoms with Crippen molar-refractivity contribution >= 4 is 0 Å². The Morgan fingerprint density at radius 2 is 1.85 bits per heavy atom. The zero-order chi connectivity index (χ0) is 19.1. The summed E-state index contributed by atoms with van der Waals surface area (Å²) in [4.78, 5) is 4.33. The van der Waals surface area contributed by atoms with E-state index in [0.717, 1.165) is 30.8 Å². The van der Waals surface area contributed by atoms with Crippen molar-refractivity contribution in [3.63, 3.8) is 0 Å². The van der Waals surface area contributed by atoms with Gasteiger partial charge in [-0.2, -0.15) is 0 Å². The molecule has 1 atom stereocenters. The van der Waals surface area contributed by atoms with Crippen LogP contribution in [-0.4, -0.2) is 66.0 Å². The van der Waals surface area contributed by atoms with Crippen LogP contribution in [0, 0.1) is 0 Å². The number of hydrogen-bond donors (Lipinski definition) is 2. The number of aliphatic hydroxyl groups is 2. The summed E-state index contributed by atoms with van der Waals surface area (Å²) in [7, 11) is 1.97. The largest absolute Gasteiger partial charge is 0.491 e. The van der Waals surface area contributed by atoms with Crippen molar-refractivity contribution in [3.05, 3.63) is 65.2 Å². The SMILES string of the molecule is CN(CCO)Cc1ccccc1OC[C@@H](O)CN1CCc2ccccc2C1. The molecule has 5 heteroatoms. The first-order chi connectivity index (χ1) is 13.2. The number of likely N-dealkylation sites (N-methyl/N-ethyl adjacent to an activating group) is 1. The Labute approximate surface area is 161 Å². The molecule has 27 heavy (non-hydrogen) atoms. The summed E-state index contributed by atoms with van der Waals surface area (Å²) in [5.74, 6) is 0.797. The lowest BCUT2D eigenvalue weighted by Crippen LogP contribution is -2.38. The highest BCUT2D eigenvalue weighted by atomic mass is 16.5. The standard InChI is InChI=1S/C22H30N2O3/c1-23(12-13-25)14-20-8-4-5-9-22(20)27-17-21(26)16-24-11-10-18-6-2-3-7-19(18)15-24/h2-9,21,25-26H,10-17H2,1H3/t21-/m0/s1. The normalized spacial score (nSPS) is 15.6. The summed E-state index contributed by atoms with van der Waals surface area (Å²) in [6.07, 6.45) is 0.502. The number of para-hydroxylation sites is 1. The first-order valence-corrected chi connectivity index (χ1v) is 9.63. The van der Waals surface area contributed by atoms with Gasteiger partial charge in [0.05, 0.1) is 6.61 Å². The number of hydrogen-bond acceptors (Lipinski definition) is 5. The zero-order valence-corrected chi connectivity index (χ0v) is 16.1. The van der Waals surface area contributed by atoms with E-state index >= 15 is 0 Å². The van der Waals surface area contributed by atoms with Crippen molar-refractivity contribution in [3.8, 4) is 5.75 Å². The molecule has 2 N–H and O–H groups in total. The maximum atomic E-state index is 10.5. The van der Waals surface area contributed by atoms with Gasteiger partial charge < -0.3 is 14.9 Å². The second kappa shape index (κ2) is 9.85. The molecule has 2 aromatic rings. The van der Waals surface area contributed by atoms with E-state index in [1.54, 1.807) is 0 Å². The lowest BCUT2D eigenvalue weighted by molar-refractivity contribution is 0.0632. The molecule has 0 saturated carbocycles. The van der Waals surface area contributed by atoms with E-state index in [1.165, 1.54) is 11.1 Å². The predicted octanol–water partition coefficient (Wildman–Crippen LogP) is 1.91. The lowest BCUT2D eigenvalue weighted by atomic mass is 10.00. The van der Waals surface area contributed by atoms with Gasteiger partial charge in [0.2, 0.25) is 0 Å². The molecule has 3 rings (SSSR count). The van der Waals surface area contributed by atoms with Crippen molar-refractivity contribution in [2.75, 3.05) is 39.9 Å². The van der Waals surface area contributed by atoms with Gasteiger partial charge in [-0.3, -0.25) is 9.80 Å². The van der Waals surface area contributed by atoms with E-state index in [-0.39, 0.29) is 13.2 Å². The van der Waals surface area contributed by atoms with Gasteiger partial charge in [-0.15, -0.1) is 0 Å². The summed E-state index contributed by atoms with van der Waals surface area (Å²) < 4.78 is 5.92. The fourth-order valence-corrected chi connectivity index (χ4v) is 3.56. The number of β-amino-alcohol motifs (C(OH)–C–C–N with tert-alkyl or cyclic N) is 1. The first kappa shape index (κ1) is 19.8. The highest BCUT2D eigenvalue weighted by molar-refractivity contribution is 5.33. The fourth-order valence-electron chi connectivity index (χ4n) is 3.56. The maximum absolute atomic E-state index is 10.5. The minimum absolute atomic E-state index is 0.136. The molecule has 0 bridgehead atoms. The lowest BCUT2D eigenvalue weighted by Gasteiger charge is -2.30. The minimum atomic E-state index is -0.529. The number of nitrogens with zero attached hydrogens (tertiary/aromatic N) is 2. The van der Waals surface area contributed by atoms with Gasteiger partial charge in [0.15, 0.2) is 0 Å². The fraction of sp³-hybridized carbons (Fsp3) is 0.455. The number of rotatable bonds is 9. The molecule has 0 unspecified atom stereocenters. The highest BCUT2D eigenvalue weighted by Crippen LogP contribution is 2.21. The van der Waals surface area contributed by atoms with Gasteiger partial charge in [0, 0.05) is 38.3 Å². The number of ether oxygens (including phenoxy) is 1. The summed E-state index contributed by atoms with van der Waals surface area (Å²) in [6, 6.07) is 16.4. The summed E-state index contributed by atoms with van der Waals surface area (Å²) >= 11 is 0. The third-order valence-electron chi connectivity index (χ3n) is 5.00. The topological polar surface area (TPSA) is 56.2 Å². The van der Waals surface area contributed by atoms with E-state index in [2.05, 4.69) is 29.2 Å². The highest BCUT2D eigenvalue weighted by Gasteiger charge is 2.19. The van der Waals surface area contributed by atoms with Gasteiger partial charge in [0.1, 0.15) is 18.5 Å². The zero-order valence-electron chi connectivity index (χ0n) is 16.1. The van der Waals surface area contributed by atoms with Gasteiger partial charge in [0.25, 0.3) is 0 Å². The molecule has 0 aliphatic carbocycles. The number of aliphatic hydroxyl groups excluding tert-OH is 2. The smallest absolute Gasteiger partial charge is 0.123 e. The van der Waals surface area contributed by atoms with E-state index in [1.807, 2.05) is 36.2 Å². The van der Waals surface area contributed by atoms with Crippen LogP contribution >= 0.6 is 0 Å². The minimum Gasteiger partial charge on any atom is -0.491 e. The van der Waals surface area contributed by atoms with Crippen molar-refractivity contribution in [1.29, 1.82) is 0 Å². The maximum Gasteiger partial charge on any atom is 0.123 e. The molecule has 0 radical (unpaired) electrons. The number of fused-ring (bicyclic) bond motifs is 1. The molecular weight excluding hydrogens is 340 g/mol. The monoisotopic (exact) mass is 370 g/mol. The quantitative estimate of drug-likeness (QED) is 0.706. The Bertz CT molecular complexity index is 722.